The lowest BCUT2D eigenvalue weighted by molar-refractivity contribution is -0.141. The monoisotopic (exact) mass is 264 g/mol. The van der Waals surface area contributed by atoms with Gasteiger partial charge in [-0.25, -0.2) is 9.97 Å². The zero-order valence-electron chi connectivity index (χ0n) is 9.73. The highest BCUT2D eigenvalue weighted by molar-refractivity contribution is 5.59. The molecule has 0 fully saturated rings. The fourth-order valence-electron chi connectivity index (χ4n) is 1.49. The van der Waals surface area contributed by atoms with Gasteiger partial charge in [0, 0.05) is 17.8 Å². The minimum absolute atomic E-state index is 0.155. The van der Waals surface area contributed by atoms with Crippen LogP contribution in [0.1, 0.15) is 17.2 Å². The number of alkyl halides is 3. The Balaban J connectivity index is 2.43. The minimum atomic E-state index is -4.47. The number of nitrogens with zero attached hydrogens (tertiary/aromatic N) is 4. The van der Waals surface area contributed by atoms with Crippen LogP contribution in [0.25, 0.3) is 11.3 Å². The fourth-order valence-corrected chi connectivity index (χ4v) is 1.49. The number of hydrogen-bond donors (Lipinski definition) is 0. The summed E-state index contributed by atoms with van der Waals surface area (Å²) in [5.74, 6) is 0.369. The van der Waals surface area contributed by atoms with Gasteiger partial charge in [0.25, 0.3) is 0 Å². The molecule has 0 N–H and O–H groups in total. The van der Waals surface area contributed by atoms with E-state index in [0.717, 1.165) is 12.3 Å². The molecule has 0 unspecified atom stereocenters. The van der Waals surface area contributed by atoms with Crippen molar-refractivity contribution >= 4 is 0 Å². The van der Waals surface area contributed by atoms with Crippen molar-refractivity contribution in [3.05, 3.63) is 41.6 Å². The molecule has 0 amide bonds. The summed E-state index contributed by atoms with van der Waals surface area (Å²) in [6.07, 6.45) is -3.40. The lowest BCUT2D eigenvalue weighted by Gasteiger charge is -2.06. The molecule has 0 bridgehead atoms. The molecule has 0 radical (unpaired) electrons. The third-order valence-electron chi connectivity index (χ3n) is 2.30. The van der Waals surface area contributed by atoms with Gasteiger partial charge in [0.05, 0.1) is 5.69 Å². The van der Waals surface area contributed by atoms with E-state index in [1.54, 1.807) is 6.92 Å². The number of pyridine rings is 1. The standard InChI is InChI=1S/C12H7F3N4/c1-7-18-9(5-16)4-10(19-7)8-2-3-11(17-6-8)12(13,14)15/h2-4,6H,1H3. The van der Waals surface area contributed by atoms with Gasteiger partial charge in [-0.1, -0.05) is 0 Å². The zero-order valence-corrected chi connectivity index (χ0v) is 9.73. The van der Waals surface area contributed by atoms with Crippen molar-refractivity contribution < 1.29 is 13.2 Å². The molecule has 0 atom stereocenters. The highest BCUT2D eigenvalue weighted by atomic mass is 19.4. The van der Waals surface area contributed by atoms with Crippen LogP contribution in [0.3, 0.4) is 0 Å². The number of aromatic nitrogens is 3. The van der Waals surface area contributed by atoms with E-state index in [4.69, 9.17) is 5.26 Å². The maximum Gasteiger partial charge on any atom is 0.433 e. The topological polar surface area (TPSA) is 62.5 Å². The summed E-state index contributed by atoms with van der Waals surface area (Å²) in [7, 11) is 0. The zero-order chi connectivity index (χ0) is 14.0. The van der Waals surface area contributed by atoms with Crippen molar-refractivity contribution in [1.29, 1.82) is 5.26 Å². The highest BCUT2D eigenvalue weighted by Crippen LogP contribution is 2.28. The predicted octanol–water partition coefficient (Wildman–Crippen LogP) is 2.74. The number of rotatable bonds is 1. The first kappa shape index (κ1) is 13.0. The van der Waals surface area contributed by atoms with Crippen LogP contribution in [0.15, 0.2) is 24.4 Å². The fraction of sp³-hybridized carbons (Fsp3) is 0.167. The molecule has 7 heteroatoms. The third kappa shape index (κ3) is 2.85. The van der Waals surface area contributed by atoms with Crippen molar-refractivity contribution in [3.63, 3.8) is 0 Å². The first-order valence-corrected chi connectivity index (χ1v) is 5.19. The lowest BCUT2D eigenvalue weighted by atomic mass is 10.1. The van der Waals surface area contributed by atoms with Crippen LogP contribution in [0.2, 0.25) is 0 Å². The van der Waals surface area contributed by atoms with Crippen LogP contribution in [0.4, 0.5) is 13.2 Å². The SMILES string of the molecule is Cc1nc(C#N)cc(-c2ccc(C(F)(F)F)nc2)n1. The summed E-state index contributed by atoms with van der Waals surface area (Å²) >= 11 is 0. The summed E-state index contributed by atoms with van der Waals surface area (Å²) in [4.78, 5) is 11.3. The first-order chi connectivity index (χ1) is 8.90. The number of halogens is 3. The molecule has 0 saturated carbocycles. The molecule has 0 spiro atoms. The largest absolute Gasteiger partial charge is 0.433 e. The molecule has 0 aliphatic heterocycles. The molecule has 0 aliphatic rings. The van der Waals surface area contributed by atoms with Gasteiger partial charge in [-0.2, -0.15) is 18.4 Å². The maximum atomic E-state index is 12.4. The van der Waals surface area contributed by atoms with Crippen LogP contribution >= 0.6 is 0 Å². The van der Waals surface area contributed by atoms with Gasteiger partial charge in [0.15, 0.2) is 0 Å². The molecule has 0 aliphatic carbocycles. The molecule has 2 aromatic rings. The molecule has 2 rings (SSSR count). The molecular weight excluding hydrogens is 257 g/mol. The summed E-state index contributed by atoms with van der Waals surface area (Å²) in [5.41, 5.74) is -0.0507. The quantitative estimate of drug-likeness (QED) is 0.794. The van der Waals surface area contributed by atoms with Crippen molar-refractivity contribution in [2.24, 2.45) is 0 Å². The average Bonchev–Trinajstić information content (AvgIpc) is 2.37. The number of nitriles is 1. The van der Waals surface area contributed by atoms with Gasteiger partial charge in [-0.15, -0.1) is 0 Å². The van der Waals surface area contributed by atoms with Gasteiger partial charge in [0.1, 0.15) is 23.3 Å². The third-order valence-corrected chi connectivity index (χ3v) is 2.30. The van der Waals surface area contributed by atoms with Gasteiger partial charge in [0.2, 0.25) is 0 Å². The van der Waals surface area contributed by atoms with Crippen molar-refractivity contribution in [2.45, 2.75) is 13.1 Å². The smallest absolute Gasteiger partial charge is 0.251 e. The Labute approximate surface area is 106 Å². The molecule has 2 aromatic heterocycles. The van der Waals surface area contributed by atoms with Gasteiger partial charge in [-0.05, 0) is 19.1 Å². The summed E-state index contributed by atoms with van der Waals surface area (Å²) in [6, 6.07) is 5.40. The Hall–Kier alpha value is -2.49. The Morgan fingerprint density at radius 1 is 1.21 bits per heavy atom. The Bertz CT molecular complexity index is 642. The van der Waals surface area contributed by atoms with E-state index in [0.29, 0.717) is 17.1 Å². The van der Waals surface area contributed by atoms with Crippen LogP contribution in [-0.4, -0.2) is 15.0 Å². The van der Waals surface area contributed by atoms with E-state index in [2.05, 4.69) is 15.0 Å². The molecular formula is C12H7F3N4. The second-order valence-electron chi connectivity index (χ2n) is 3.73. The highest BCUT2D eigenvalue weighted by Gasteiger charge is 2.32. The number of hydrogen-bond acceptors (Lipinski definition) is 4. The Kier molecular flexibility index (Phi) is 3.17. The molecule has 0 aromatic carbocycles. The molecule has 96 valence electrons. The van der Waals surface area contributed by atoms with Crippen molar-refractivity contribution in [1.82, 2.24) is 15.0 Å². The van der Waals surface area contributed by atoms with Crippen LogP contribution < -0.4 is 0 Å². The molecule has 0 saturated heterocycles. The second-order valence-corrected chi connectivity index (χ2v) is 3.73. The van der Waals surface area contributed by atoms with Crippen LogP contribution in [0, 0.1) is 18.3 Å². The maximum absolute atomic E-state index is 12.4. The van der Waals surface area contributed by atoms with E-state index in [1.165, 1.54) is 12.1 Å². The first-order valence-electron chi connectivity index (χ1n) is 5.19. The Morgan fingerprint density at radius 2 is 1.95 bits per heavy atom. The van der Waals surface area contributed by atoms with E-state index >= 15 is 0 Å². The summed E-state index contributed by atoms with van der Waals surface area (Å²) in [5, 5.41) is 8.78. The van der Waals surface area contributed by atoms with Crippen LogP contribution in [0.5, 0.6) is 0 Å². The van der Waals surface area contributed by atoms with E-state index in [9.17, 15) is 13.2 Å². The molecule has 19 heavy (non-hydrogen) atoms. The van der Waals surface area contributed by atoms with Gasteiger partial charge < -0.3 is 0 Å². The van der Waals surface area contributed by atoms with E-state index in [-0.39, 0.29) is 5.69 Å². The van der Waals surface area contributed by atoms with Crippen molar-refractivity contribution in [3.8, 4) is 17.3 Å². The second kappa shape index (κ2) is 4.65. The molecule has 2 heterocycles. The lowest BCUT2D eigenvalue weighted by Crippen LogP contribution is -2.07. The van der Waals surface area contributed by atoms with Crippen LogP contribution in [-0.2, 0) is 6.18 Å². The van der Waals surface area contributed by atoms with E-state index < -0.39 is 11.9 Å². The normalized spacial score (nSPS) is 11.1. The van der Waals surface area contributed by atoms with Gasteiger partial charge in [-0.3, -0.25) is 4.98 Å². The van der Waals surface area contributed by atoms with E-state index in [1.807, 2.05) is 6.07 Å². The Morgan fingerprint density at radius 3 is 2.47 bits per heavy atom. The molecule has 4 nitrogen and oxygen atoms in total. The predicted molar refractivity (Wildman–Crippen MR) is 59.7 cm³/mol. The summed E-state index contributed by atoms with van der Waals surface area (Å²) < 4.78 is 37.1. The summed E-state index contributed by atoms with van der Waals surface area (Å²) in [6.45, 7) is 1.60. The average molecular weight is 264 g/mol. The minimum Gasteiger partial charge on any atom is -0.251 e. The number of aryl methyl sites for hydroxylation is 1. The van der Waals surface area contributed by atoms with Crippen molar-refractivity contribution in [2.75, 3.05) is 0 Å². The van der Waals surface area contributed by atoms with Gasteiger partial charge >= 0.3 is 6.18 Å².